The fraction of sp³-hybridized carbons (Fsp3) is 0.154. The minimum Gasteiger partial charge on any atom is -0.476 e. The van der Waals surface area contributed by atoms with Crippen LogP contribution in [-0.2, 0) is 6.42 Å². The molecule has 5 heteroatoms. The minimum atomic E-state index is -1.39. The molecule has 18 heavy (non-hydrogen) atoms. The molecule has 1 N–H and O–H groups in total. The zero-order chi connectivity index (χ0) is 13.1. The predicted octanol–water partition coefficient (Wildman–Crippen LogP) is 2.21. The average molecular weight is 246 g/mol. The Hall–Kier alpha value is -2.30. The third kappa shape index (κ3) is 2.51. The number of benzene rings is 1. The van der Waals surface area contributed by atoms with Gasteiger partial charge in [-0.2, -0.15) is 0 Å². The van der Waals surface area contributed by atoms with E-state index >= 15 is 0 Å². The number of carboxylic acids is 1. The maximum absolute atomic E-state index is 13.8. The van der Waals surface area contributed by atoms with Gasteiger partial charge in [0.25, 0.3) is 0 Å². The molecule has 0 saturated carbocycles. The second-order valence-corrected chi connectivity index (χ2v) is 3.95. The largest absolute Gasteiger partial charge is 0.476 e. The summed E-state index contributed by atoms with van der Waals surface area (Å²) in [6.45, 7) is 1.93. The van der Waals surface area contributed by atoms with E-state index in [-0.39, 0.29) is 12.1 Å². The van der Waals surface area contributed by atoms with Gasteiger partial charge in [0.05, 0.1) is 5.69 Å². The van der Waals surface area contributed by atoms with Gasteiger partial charge in [0.1, 0.15) is 6.33 Å². The normalized spacial score (nSPS) is 10.3. The molecule has 0 aliphatic rings. The first-order valence-electron chi connectivity index (χ1n) is 5.36. The van der Waals surface area contributed by atoms with Crippen LogP contribution in [0.15, 0.2) is 30.6 Å². The molecule has 0 bridgehead atoms. The lowest BCUT2D eigenvalue weighted by Gasteiger charge is -2.05. The number of nitrogens with zero attached hydrogens (tertiary/aromatic N) is 2. The number of hydrogen-bond acceptors (Lipinski definition) is 3. The summed E-state index contributed by atoms with van der Waals surface area (Å²) in [5.41, 5.74) is 1.44. The summed E-state index contributed by atoms with van der Waals surface area (Å²) in [6, 6.07) is 7.54. The van der Waals surface area contributed by atoms with Gasteiger partial charge in [-0.1, -0.05) is 29.8 Å². The Labute approximate surface area is 103 Å². The molecule has 0 aliphatic heterocycles. The first kappa shape index (κ1) is 12.2. The van der Waals surface area contributed by atoms with Crippen molar-refractivity contribution in [1.29, 1.82) is 0 Å². The highest BCUT2D eigenvalue weighted by molar-refractivity contribution is 5.85. The van der Waals surface area contributed by atoms with E-state index in [1.165, 1.54) is 0 Å². The number of aryl methyl sites for hydroxylation is 1. The molecule has 92 valence electrons. The molecular formula is C13H11FN2O2. The highest BCUT2D eigenvalue weighted by atomic mass is 19.1. The molecule has 0 atom stereocenters. The van der Waals surface area contributed by atoms with Crippen molar-refractivity contribution in [3.63, 3.8) is 0 Å². The smallest absolute Gasteiger partial charge is 0.357 e. The molecule has 4 nitrogen and oxygen atoms in total. The van der Waals surface area contributed by atoms with Gasteiger partial charge in [-0.05, 0) is 12.5 Å². The van der Waals surface area contributed by atoms with Crippen LogP contribution in [0.25, 0.3) is 0 Å². The maximum Gasteiger partial charge on any atom is 0.357 e. The summed E-state index contributed by atoms with van der Waals surface area (Å²) in [6.07, 6.45) is 1.31. The molecule has 0 spiro atoms. The van der Waals surface area contributed by atoms with Gasteiger partial charge in [0.15, 0.2) is 11.5 Å². The topological polar surface area (TPSA) is 63.1 Å². The fourth-order valence-electron chi connectivity index (χ4n) is 1.69. The SMILES string of the molecule is Cc1cccc(Cc2ncnc(C(=O)O)c2F)c1. The third-order valence-corrected chi connectivity index (χ3v) is 2.52. The molecule has 1 aromatic carbocycles. The molecule has 0 unspecified atom stereocenters. The van der Waals surface area contributed by atoms with Crippen molar-refractivity contribution in [2.45, 2.75) is 13.3 Å². The third-order valence-electron chi connectivity index (χ3n) is 2.52. The lowest BCUT2D eigenvalue weighted by Crippen LogP contribution is -2.09. The van der Waals surface area contributed by atoms with Crippen LogP contribution in [0.2, 0.25) is 0 Å². The summed E-state index contributed by atoms with van der Waals surface area (Å²) >= 11 is 0. The molecular weight excluding hydrogens is 235 g/mol. The zero-order valence-electron chi connectivity index (χ0n) is 9.72. The molecule has 1 heterocycles. The van der Waals surface area contributed by atoms with Crippen molar-refractivity contribution in [3.8, 4) is 0 Å². The number of rotatable bonds is 3. The molecule has 0 saturated heterocycles. The van der Waals surface area contributed by atoms with E-state index in [9.17, 15) is 9.18 Å². The van der Waals surface area contributed by atoms with Crippen LogP contribution in [0.4, 0.5) is 4.39 Å². The molecule has 2 aromatic rings. The van der Waals surface area contributed by atoms with Crippen LogP contribution in [-0.4, -0.2) is 21.0 Å². The van der Waals surface area contributed by atoms with Crippen LogP contribution >= 0.6 is 0 Å². The Balaban J connectivity index is 2.35. The highest BCUT2D eigenvalue weighted by Crippen LogP contribution is 2.14. The van der Waals surface area contributed by atoms with Crippen LogP contribution in [0, 0.1) is 12.7 Å². The molecule has 0 fully saturated rings. The minimum absolute atomic E-state index is 0.0907. The Morgan fingerprint density at radius 2 is 2.17 bits per heavy atom. The summed E-state index contributed by atoms with van der Waals surface area (Å²) in [5.74, 6) is -2.26. The first-order valence-corrected chi connectivity index (χ1v) is 5.36. The van der Waals surface area contributed by atoms with Crippen molar-refractivity contribution in [3.05, 3.63) is 58.9 Å². The van der Waals surface area contributed by atoms with E-state index in [1.807, 2.05) is 31.2 Å². The van der Waals surface area contributed by atoms with E-state index in [1.54, 1.807) is 0 Å². The van der Waals surface area contributed by atoms with Gasteiger partial charge in [0.2, 0.25) is 0 Å². The number of carbonyl (C=O) groups is 1. The fourth-order valence-corrected chi connectivity index (χ4v) is 1.69. The quantitative estimate of drug-likeness (QED) is 0.901. The first-order chi connectivity index (χ1) is 8.58. The van der Waals surface area contributed by atoms with E-state index < -0.39 is 17.5 Å². The van der Waals surface area contributed by atoms with Crippen molar-refractivity contribution in [2.75, 3.05) is 0 Å². The van der Waals surface area contributed by atoms with Gasteiger partial charge in [0, 0.05) is 6.42 Å². The Kier molecular flexibility index (Phi) is 3.32. The molecule has 2 rings (SSSR count). The zero-order valence-corrected chi connectivity index (χ0v) is 9.72. The number of halogens is 1. The molecule has 0 aliphatic carbocycles. The second kappa shape index (κ2) is 4.91. The number of carboxylic acid groups (broad SMARTS) is 1. The standard InChI is InChI=1S/C13H11FN2O2/c1-8-3-2-4-9(5-8)6-10-11(14)12(13(17)18)16-7-15-10/h2-5,7H,6H2,1H3,(H,17,18). The molecule has 1 aromatic heterocycles. The lowest BCUT2D eigenvalue weighted by atomic mass is 10.1. The van der Waals surface area contributed by atoms with Gasteiger partial charge >= 0.3 is 5.97 Å². The highest BCUT2D eigenvalue weighted by Gasteiger charge is 2.16. The van der Waals surface area contributed by atoms with E-state index in [4.69, 9.17) is 5.11 Å². The van der Waals surface area contributed by atoms with Gasteiger partial charge in [-0.15, -0.1) is 0 Å². The van der Waals surface area contributed by atoms with Crippen LogP contribution in [0.3, 0.4) is 0 Å². The van der Waals surface area contributed by atoms with Crippen molar-refractivity contribution < 1.29 is 14.3 Å². The Morgan fingerprint density at radius 1 is 1.39 bits per heavy atom. The second-order valence-electron chi connectivity index (χ2n) is 3.95. The Bertz CT molecular complexity index is 599. The summed E-state index contributed by atoms with van der Waals surface area (Å²) in [7, 11) is 0. The molecule has 0 radical (unpaired) electrons. The summed E-state index contributed by atoms with van der Waals surface area (Å²) < 4.78 is 13.8. The van der Waals surface area contributed by atoms with Crippen molar-refractivity contribution in [2.24, 2.45) is 0 Å². The van der Waals surface area contributed by atoms with E-state index in [0.717, 1.165) is 17.5 Å². The van der Waals surface area contributed by atoms with Crippen LogP contribution < -0.4 is 0 Å². The maximum atomic E-state index is 13.8. The van der Waals surface area contributed by atoms with E-state index in [0.29, 0.717) is 0 Å². The summed E-state index contributed by atoms with van der Waals surface area (Å²) in [5, 5.41) is 8.77. The average Bonchev–Trinajstić information content (AvgIpc) is 2.31. The van der Waals surface area contributed by atoms with Crippen LogP contribution in [0.1, 0.15) is 27.3 Å². The monoisotopic (exact) mass is 246 g/mol. The number of aromatic nitrogens is 2. The van der Waals surface area contributed by atoms with Gasteiger partial charge in [-0.3, -0.25) is 0 Å². The number of hydrogen-bond donors (Lipinski definition) is 1. The van der Waals surface area contributed by atoms with Gasteiger partial charge < -0.3 is 5.11 Å². The molecule has 0 amide bonds. The lowest BCUT2D eigenvalue weighted by molar-refractivity contribution is 0.0684. The number of aromatic carboxylic acids is 1. The van der Waals surface area contributed by atoms with E-state index in [2.05, 4.69) is 9.97 Å². The van der Waals surface area contributed by atoms with Crippen molar-refractivity contribution >= 4 is 5.97 Å². The van der Waals surface area contributed by atoms with Gasteiger partial charge in [-0.25, -0.2) is 19.2 Å². The predicted molar refractivity (Wildman–Crippen MR) is 62.9 cm³/mol. The Morgan fingerprint density at radius 3 is 2.83 bits per heavy atom. The van der Waals surface area contributed by atoms with Crippen LogP contribution in [0.5, 0.6) is 0 Å². The van der Waals surface area contributed by atoms with Crippen molar-refractivity contribution in [1.82, 2.24) is 9.97 Å². The summed E-state index contributed by atoms with van der Waals surface area (Å²) in [4.78, 5) is 18.0.